The fourth-order valence-corrected chi connectivity index (χ4v) is 2.35. The summed E-state index contributed by atoms with van der Waals surface area (Å²) in [5.74, 6) is -3.19. The summed E-state index contributed by atoms with van der Waals surface area (Å²) in [6, 6.07) is 0. The van der Waals surface area contributed by atoms with Crippen LogP contribution in [0.4, 0.5) is 0 Å². The van der Waals surface area contributed by atoms with E-state index in [0.29, 0.717) is 6.42 Å². The molecule has 0 aromatic heterocycles. The molecule has 0 saturated heterocycles. The Morgan fingerprint density at radius 2 is 1.83 bits per heavy atom. The fraction of sp³-hybridized carbons (Fsp3) is 0.778. The average molecular weight is 283 g/mol. The number of aliphatic carboxylic acids is 1. The molecular weight excluding hydrogens is 265 g/mol. The Kier molecular flexibility index (Phi) is 6.48. The van der Waals surface area contributed by atoms with Crippen LogP contribution in [0.15, 0.2) is 0 Å². The van der Waals surface area contributed by atoms with Crippen molar-refractivity contribution in [2.45, 2.75) is 25.0 Å². The van der Waals surface area contributed by atoms with Crippen LogP contribution in [-0.2, 0) is 27.9 Å². The van der Waals surface area contributed by atoms with E-state index >= 15 is 0 Å². The monoisotopic (exact) mass is 283 g/mol. The molecule has 9 heteroatoms. The third-order valence-corrected chi connectivity index (χ3v) is 4.48. The number of hydrogen-bond donors (Lipinski definition) is 2. The summed E-state index contributed by atoms with van der Waals surface area (Å²) in [6.45, 7) is 1.84. The number of carboxylic acid groups (broad SMARTS) is 1. The van der Waals surface area contributed by atoms with E-state index in [1.165, 1.54) is 0 Å². The van der Waals surface area contributed by atoms with Gasteiger partial charge < -0.3 is 18.9 Å². The minimum Gasteiger partial charge on any atom is -0.479 e. The van der Waals surface area contributed by atoms with E-state index in [1.54, 1.807) is 0 Å². The van der Waals surface area contributed by atoms with Crippen molar-refractivity contribution < 1.29 is 33.0 Å². The molecule has 0 spiro atoms. The van der Waals surface area contributed by atoms with Crippen molar-refractivity contribution in [1.82, 2.24) is 0 Å². The molecular formula is C9H18NO7P. The van der Waals surface area contributed by atoms with Crippen LogP contribution < -0.4 is 5.73 Å². The topological polar surface area (TPSA) is 125 Å². The van der Waals surface area contributed by atoms with Crippen LogP contribution in [0.1, 0.15) is 19.8 Å². The van der Waals surface area contributed by atoms with Crippen molar-refractivity contribution in [3.05, 3.63) is 0 Å². The largest absolute Gasteiger partial charge is 0.479 e. The summed E-state index contributed by atoms with van der Waals surface area (Å²) in [4.78, 5) is 22.8. The summed E-state index contributed by atoms with van der Waals surface area (Å²) < 4.78 is 25.7. The van der Waals surface area contributed by atoms with E-state index in [9.17, 15) is 14.2 Å². The fourth-order valence-electron chi connectivity index (χ4n) is 1.10. The van der Waals surface area contributed by atoms with Crippen molar-refractivity contribution >= 4 is 19.5 Å². The van der Waals surface area contributed by atoms with Gasteiger partial charge in [0.05, 0.1) is 6.61 Å². The number of carboxylic acids is 1. The Balaban J connectivity index is 5.22. The smallest absolute Gasteiger partial charge is 0.373 e. The standard InChI is InChI=1S/C9H18NO7P/c1-4-5-6-17-8(13)9(10,7(11)12)18(14,15-2)16-3/h4-6,10H2,1-3H3,(H,11,12). The first-order valence-corrected chi connectivity index (χ1v) is 6.75. The highest BCUT2D eigenvalue weighted by molar-refractivity contribution is 7.58. The number of carbonyl (C=O) groups is 2. The summed E-state index contributed by atoms with van der Waals surface area (Å²) in [5.41, 5.74) is 5.38. The molecule has 0 aromatic rings. The molecule has 8 nitrogen and oxygen atoms in total. The molecule has 0 rings (SSSR count). The Morgan fingerprint density at radius 1 is 1.33 bits per heavy atom. The lowest BCUT2D eigenvalue weighted by atomic mass is 10.3. The van der Waals surface area contributed by atoms with Crippen LogP contribution in [0.2, 0.25) is 0 Å². The third kappa shape index (κ3) is 3.08. The molecule has 18 heavy (non-hydrogen) atoms. The predicted octanol–water partition coefficient (Wildman–Crippen LogP) is 0.555. The highest BCUT2D eigenvalue weighted by atomic mass is 31.2. The van der Waals surface area contributed by atoms with E-state index in [1.807, 2.05) is 6.92 Å². The Morgan fingerprint density at radius 3 is 2.17 bits per heavy atom. The van der Waals surface area contributed by atoms with Gasteiger partial charge in [0.1, 0.15) is 0 Å². The second-order valence-corrected chi connectivity index (χ2v) is 5.85. The molecule has 0 aliphatic heterocycles. The molecule has 0 aromatic carbocycles. The van der Waals surface area contributed by atoms with Gasteiger partial charge in [-0.15, -0.1) is 0 Å². The van der Waals surface area contributed by atoms with Crippen molar-refractivity contribution in [3.63, 3.8) is 0 Å². The zero-order valence-corrected chi connectivity index (χ0v) is 11.4. The van der Waals surface area contributed by atoms with E-state index in [2.05, 4.69) is 13.8 Å². The van der Waals surface area contributed by atoms with Crippen LogP contribution in [0, 0.1) is 0 Å². The molecule has 0 aliphatic rings. The molecule has 0 aliphatic carbocycles. The van der Waals surface area contributed by atoms with Crippen molar-refractivity contribution in [1.29, 1.82) is 0 Å². The molecule has 1 atom stereocenters. The van der Waals surface area contributed by atoms with E-state index in [-0.39, 0.29) is 6.61 Å². The summed E-state index contributed by atoms with van der Waals surface area (Å²) >= 11 is 0. The molecule has 0 radical (unpaired) electrons. The number of unbranched alkanes of at least 4 members (excludes halogenated alkanes) is 1. The first-order valence-electron chi connectivity index (χ1n) is 5.21. The van der Waals surface area contributed by atoms with Gasteiger partial charge in [-0.25, -0.2) is 9.59 Å². The van der Waals surface area contributed by atoms with E-state index in [4.69, 9.17) is 10.8 Å². The highest BCUT2D eigenvalue weighted by Crippen LogP contribution is 2.56. The Labute approximate surface area is 105 Å². The quantitative estimate of drug-likeness (QED) is 0.286. The summed E-state index contributed by atoms with van der Waals surface area (Å²) in [6.07, 6.45) is 1.27. The van der Waals surface area contributed by atoms with Gasteiger partial charge in [0, 0.05) is 14.2 Å². The lowest BCUT2D eigenvalue weighted by Crippen LogP contribution is -2.55. The Hall–Kier alpha value is -0.950. The SMILES string of the molecule is CCCCOC(=O)C(N)(C(=O)O)P(=O)(OC)OC. The van der Waals surface area contributed by atoms with Crippen molar-refractivity contribution in [3.8, 4) is 0 Å². The predicted molar refractivity (Wildman–Crippen MR) is 62.0 cm³/mol. The molecule has 0 amide bonds. The number of esters is 1. The van der Waals surface area contributed by atoms with Gasteiger partial charge in [-0.2, -0.15) is 0 Å². The van der Waals surface area contributed by atoms with Crippen LogP contribution in [0.5, 0.6) is 0 Å². The lowest BCUT2D eigenvalue weighted by molar-refractivity contribution is -0.157. The van der Waals surface area contributed by atoms with Crippen molar-refractivity contribution in [2.75, 3.05) is 20.8 Å². The van der Waals surface area contributed by atoms with E-state index in [0.717, 1.165) is 20.6 Å². The second kappa shape index (κ2) is 6.84. The number of hydrogen-bond acceptors (Lipinski definition) is 7. The summed E-state index contributed by atoms with van der Waals surface area (Å²) in [7, 11) is -2.48. The van der Waals surface area contributed by atoms with Crippen LogP contribution in [0.25, 0.3) is 0 Å². The van der Waals surface area contributed by atoms with Crippen LogP contribution >= 0.6 is 7.60 Å². The molecule has 0 heterocycles. The van der Waals surface area contributed by atoms with Gasteiger partial charge in [0.2, 0.25) is 0 Å². The molecule has 0 saturated carbocycles. The van der Waals surface area contributed by atoms with Gasteiger partial charge in [-0.05, 0) is 6.42 Å². The summed E-state index contributed by atoms with van der Waals surface area (Å²) in [5, 5.41) is 6.13. The number of carbonyl (C=O) groups excluding carboxylic acids is 1. The lowest BCUT2D eigenvalue weighted by Gasteiger charge is -2.28. The zero-order chi connectivity index (χ0) is 14.4. The van der Waals surface area contributed by atoms with Gasteiger partial charge in [-0.1, -0.05) is 13.3 Å². The normalized spacial score (nSPS) is 14.9. The minimum atomic E-state index is -4.36. The van der Waals surface area contributed by atoms with Crippen LogP contribution in [-0.4, -0.2) is 43.2 Å². The number of ether oxygens (including phenoxy) is 1. The van der Waals surface area contributed by atoms with Gasteiger partial charge in [-0.3, -0.25) is 10.3 Å². The zero-order valence-electron chi connectivity index (χ0n) is 10.5. The number of nitrogens with two attached hydrogens (primary N) is 1. The Bertz CT molecular complexity index is 351. The van der Waals surface area contributed by atoms with Gasteiger partial charge in [0.15, 0.2) is 0 Å². The maximum absolute atomic E-state index is 12.0. The molecule has 106 valence electrons. The van der Waals surface area contributed by atoms with Crippen molar-refractivity contribution in [2.24, 2.45) is 5.73 Å². The van der Waals surface area contributed by atoms with Crippen LogP contribution in [0.3, 0.4) is 0 Å². The molecule has 1 unspecified atom stereocenters. The highest BCUT2D eigenvalue weighted by Gasteiger charge is 2.61. The molecule has 0 fully saturated rings. The minimum absolute atomic E-state index is 0.0189. The maximum atomic E-state index is 12.0. The third-order valence-electron chi connectivity index (χ3n) is 2.28. The first kappa shape index (κ1) is 17.1. The first-order chi connectivity index (χ1) is 8.30. The second-order valence-electron chi connectivity index (χ2n) is 3.42. The van der Waals surface area contributed by atoms with Gasteiger partial charge in [0.25, 0.3) is 0 Å². The molecule has 0 bridgehead atoms. The van der Waals surface area contributed by atoms with E-state index < -0.39 is 24.8 Å². The van der Waals surface area contributed by atoms with Gasteiger partial charge >= 0.3 is 24.8 Å². The maximum Gasteiger partial charge on any atom is 0.373 e. The molecule has 3 N–H and O–H groups in total. The average Bonchev–Trinajstić information content (AvgIpc) is 2.36. The number of rotatable bonds is 8.